The van der Waals surface area contributed by atoms with Crippen LogP contribution in [0.2, 0.25) is 0 Å². The summed E-state index contributed by atoms with van der Waals surface area (Å²) in [7, 11) is 2.58. The first-order valence-electron chi connectivity index (χ1n) is 43.5. The van der Waals surface area contributed by atoms with E-state index in [2.05, 4.69) is 51.0 Å². The number of methoxy groups -OCH3 is 2. The first-order valence-corrected chi connectivity index (χ1v) is 43.5. The number of phenols is 10. The lowest BCUT2D eigenvalue weighted by Gasteiger charge is -2.19. The van der Waals surface area contributed by atoms with Gasteiger partial charge in [0.05, 0.1) is 53.2 Å². The highest BCUT2D eigenvalue weighted by atomic mass is 19.1. The van der Waals surface area contributed by atoms with Gasteiger partial charge in [0.25, 0.3) is 0 Å². The van der Waals surface area contributed by atoms with Crippen LogP contribution in [0.3, 0.4) is 0 Å². The summed E-state index contributed by atoms with van der Waals surface area (Å²) in [5.41, 5.74) is 6.86. The molecule has 0 aliphatic rings. The largest absolute Gasteiger partial charge is 0.508 e. The van der Waals surface area contributed by atoms with Crippen LogP contribution in [-0.4, -0.2) is 139 Å². The van der Waals surface area contributed by atoms with Gasteiger partial charge in [0.2, 0.25) is 28.9 Å². The molecule has 0 saturated carbocycles. The Balaban J connectivity index is 0.000000251. The maximum absolute atomic E-state index is 13.8. The summed E-state index contributed by atoms with van der Waals surface area (Å²) >= 11 is 0. The number of halogens is 2. The highest BCUT2D eigenvalue weighted by Gasteiger charge is 2.24. The number of esters is 2. The van der Waals surface area contributed by atoms with Crippen molar-refractivity contribution in [1.29, 1.82) is 0 Å². The highest BCUT2D eigenvalue weighted by molar-refractivity contribution is 6.03. The average Bonchev–Trinajstić information content (AvgIpc) is 0.839. The number of aryl methyl sites for hydroxylation is 7. The van der Waals surface area contributed by atoms with E-state index >= 15 is 0 Å². The van der Waals surface area contributed by atoms with Gasteiger partial charge in [-0.3, -0.25) is 24.0 Å². The molecule has 130 heavy (non-hydrogen) atoms. The fraction of sp³-hybridized carbons (Fsp3) is 0.356. The Bertz CT molecular complexity index is 5420. The van der Waals surface area contributed by atoms with Crippen LogP contribution in [0.15, 0.2) is 170 Å². The molecule has 0 radical (unpaired) electrons. The number of carbonyl (C=O) groups is 7. The molecule has 696 valence electrons. The van der Waals surface area contributed by atoms with E-state index in [0.29, 0.717) is 93.9 Å². The number of benzene rings is 10. The van der Waals surface area contributed by atoms with Gasteiger partial charge in [0.15, 0.2) is 44.6 Å². The van der Waals surface area contributed by atoms with Crippen LogP contribution in [0, 0.1) is 25.5 Å². The van der Waals surface area contributed by atoms with E-state index in [1.54, 1.807) is 68.4 Å². The third-order valence-electron chi connectivity index (χ3n) is 20.7. The van der Waals surface area contributed by atoms with Gasteiger partial charge in [0, 0.05) is 36.4 Å². The number of carbonyl (C=O) groups excluding carboxylic acids is 7. The third-order valence-corrected chi connectivity index (χ3v) is 20.7. The normalized spacial score (nSPS) is 10.7. The third kappa shape index (κ3) is 33.5. The lowest BCUT2D eigenvalue weighted by molar-refractivity contribution is 0.0591. The molecule has 0 aliphatic heterocycles. The van der Waals surface area contributed by atoms with Crippen molar-refractivity contribution in [3.05, 3.63) is 265 Å². The van der Waals surface area contributed by atoms with E-state index in [-0.39, 0.29) is 134 Å². The molecule has 0 bridgehead atoms. The second kappa shape index (κ2) is 53.2. The number of hydrogen-bond acceptors (Lipinski definition) is 24. The molecule has 10 rings (SSSR count). The van der Waals surface area contributed by atoms with Gasteiger partial charge in [-0.25, -0.2) is 18.4 Å². The van der Waals surface area contributed by atoms with Gasteiger partial charge in [-0.1, -0.05) is 156 Å². The van der Waals surface area contributed by atoms with Crippen LogP contribution >= 0.6 is 0 Å². The molecule has 10 aromatic carbocycles. The number of phenolic OH excluding ortho intramolecular Hbond substituents is 10. The quantitative estimate of drug-likeness (QED) is 0.00966. The van der Waals surface area contributed by atoms with E-state index in [1.807, 2.05) is 38.1 Å². The molecule has 0 fully saturated rings. The van der Waals surface area contributed by atoms with Crippen molar-refractivity contribution in [3.8, 4) is 86.2 Å². The minimum absolute atomic E-state index is 0.00888. The maximum Gasteiger partial charge on any atom is 0.337 e. The second-order valence-electron chi connectivity index (χ2n) is 32.1. The molecule has 0 heterocycles. The van der Waals surface area contributed by atoms with Gasteiger partial charge in [-0.05, 0) is 218 Å². The monoisotopic (exact) mass is 1790 g/mol. The number of unbranched alkanes of at least 4 members (excludes halogenated alkanes) is 9. The predicted molar refractivity (Wildman–Crippen MR) is 492 cm³/mol. The number of rotatable bonds is 41. The summed E-state index contributed by atoms with van der Waals surface area (Å²) in [6.07, 6.45) is 17.3. The van der Waals surface area contributed by atoms with Crippen molar-refractivity contribution in [1.82, 2.24) is 0 Å². The number of aromatic hydroxyl groups is 10. The van der Waals surface area contributed by atoms with Crippen LogP contribution in [-0.2, 0) is 47.0 Å². The van der Waals surface area contributed by atoms with Gasteiger partial charge < -0.3 is 84.2 Å². The highest BCUT2D eigenvalue weighted by Crippen LogP contribution is 2.36. The van der Waals surface area contributed by atoms with Crippen molar-refractivity contribution < 1.29 is 127 Å². The molecule has 0 saturated heterocycles. The van der Waals surface area contributed by atoms with E-state index in [1.165, 1.54) is 105 Å². The minimum atomic E-state index is -0.538. The van der Waals surface area contributed by atoms with Crippen molar-refractivity contribution in [2.24, 2.45) is 0 Å². The van der Waals surface area contributed by atoms with Gasteiger partial charge >= 0.3 is 11.9 Å². The first-order chi connectivity index (χ1) is 62.0. The van der Waals surface area contributed by atoms with Crippen molar-refractivity contribution in [3.63, 3.8) is 0 Å². The molecular formula is C104H122F2O24. The molecule has 0 unspecified atom stereocenters. The zero-order valence-corrected chi connectivity index (χ0v) is 76.1. The maximum atomic E-state index is 13.8. The Morgan fingerprint density at radius 1 is 0.300 bits per heavy atom. The number of ketones is 5. The van der Waals surface area contributed by atoms with Gasteiger partial charge in [-0.2, -0.15) is 0 Å². The molecular weight excluding hydrogens is 1670 g/mol. The smallest absolute Gasteiger partial charge is 0.337 e. The fourth-order valence-electron chi connectivity index (χ4n) is 13.2. The van der Waals surface area contributed by atoms with E-state index in [4.69, 9.17) is 23.7 Å². The molecule has 26 heteroatoms. The van der Waals surface area contributed by atoms with Crippen LogP contribution in [0.25, 0.3) is 0 Å². The Kier molecular flexibility index (Phi) is 43.0. The number of hydrogen-bond donors (Lipinski definition) is 10. The summed E-state index contributed by atoms with van der Waals surface area (Å²) in [6, 6.07) is 42.5. The zero-order chi connectivity index (χ0) is 95.7. The topological polar surface area (TPSA) is 386 Å². The Labute approximate surface area is 758 Å². The molecule has 10 aromatic rings. The van der Waals surface area contributed by atoms with Crippen molar-refractivity contribution in [2.45, 2.75) is 197 Å². The average molecular weight is 1790 g/mol. The lowest BCUT2D eigenvalue weighted by Crippen LogP contribution is -2.13. The van der Waals surface area contributed by atoms with E-state index < -0.39 is 53.3 Å². The molecule has 0 aromatic heterocycles. The molecule has 10 N–H and O–H groups in total. The lowest BCUT2D eigenvalue weighted by atomic mass is 9.87. The molecule has 0 aliphatic carbocycles. The number of ether oxygens (including phenoxy) is 7. The van der Waals surface area contributed by atoms with Crippen LogP contribution in [0.1, 0.15) is 262 Å². The molecule has 0 atom stereocenters. The number of Topliss-reactive ketones (excluding diaryl/α,β-unsaturated/α-hetero) is 5. The summed E-state index contributed by atoms with van der Waals surface area (Å²) in [5.74, 6) is -3.85. The summed E-state index contributed by atoms with van der Waals surface area (Å²) < 4.78 is 63.5. The standard InChI is InChI=1S/2C22H26O6.C21H25FO4.C21H26O4.C18H19FO4/c1-3-4-5-6-8-15-12-18(20(24)13-19(15)23)21(25)14-28-17-10-7-9-16(11-17)22(26)27-2;1-3-4-5-6-7-16-12-18(20(24)13-19(16)23)21(25)14-28-17-10-8-15(9-11-17)22(26)27-2;1-3-4-5-6-7-15-11-16(19(24)12-18(15)23)20(25)13-26-21-9-8-14(2)10-17(21)22;1-5-6-14-11-17(19(23)12-18(14)22)20(24)13-25-16-9-7-15(8-10-16)21(2,3)4;1-3-4-12-7-14(17(21)9-16(12)20)18(22)10-23-13-6-5-11(2)15(19)8-13/h7,9-13,23-24H,3-6,8,14H2,1-2H3;8-13,23-24H,3-7,14H2,1-2H3;8-12,23-24H,3-7,13H2,1-2H3;7-12,22-23H,5-6,13H2,1-4H3;5-9,20-21H,3-4,10H2,1-2H3. The van der Waals surface area contributed by atoms with Crippen molar-refractivity contribution in [2.75, 3.05) is 47.3 Å². The Morgan fingerprint density at radius 3 is 0.954 bits per heavy atom. The summed E-state index contributed by atoms with van der Waals surface area (Å²) in [6.45, 7) is 18.6. The Hall–Kier alpha value is -13.7. The second-order valence-corrected chi connectivity index (χ2v) is 32.1. The van der Waals surface area contributed by atoms with E-state index in [9.17, 15) is 93.4 Å². The van der Waals surface area contributed by atoms with Crippen LogP contribution in [0.5, 0.6) is 86.2 Å². The molecule has 0 spiro atoms. The van der Waals surface area contributed by atoms with Crippen LogP contribution < -0.4 is 23.7 Å². The SMILES string of the molecule is CCCCCCc1cc(C(=O)COc2ccc(C(=O)OC)cc2)c(O)cc1O.CCCCCCc1cc(C(=O)COc2ccc(C)cc2F)c(O)cc1O.CCCCCCc1cc(C(=O)COc2cccc(C(=O)OC)c2)c(O)cc1O.CCCc1cc(C(=O)COc2ccc(C(C)(C)C)cc2)c(O)cc1O.CCCc1cc(C(=O)COc2ccc(C)c(F)c2)c(O)cc1O. The predicted octanol–water partition coefficient (Wildman–Crippen LogP) is 21.8. The van der Waals surface area contributed by atoms with Crippen LogP contribution in [0.4, 0.5) is 8.78 Å². The molecule has 0 amide bonds. The minimum Gasteiger partial charge on any atom is -0.508 e. The fourth-order valence-corrected chi connectivity index (χ4v) is 13.2. The van der Waals surface area contributed by atoms with Crippen molar-refractivity contribution >= 4 is 40.9 Å². The summed E-state index contributed by atoms with van der Waals surface area (Å²) in [4.78, 5) is 84.9. The summed E-state index contributed by atoms with van der Waals surface area (Å²) in [5, 5.41) is 99.4. The zero-order valence-electron chi connectivity index (χ0n) is 76.1. The first kappa shape index (κ1) is 105. The molecule has 24 nitrogen and oxygen atoms in total. The van der Waals surface area contributed by atoms with E-state index in [0.717, 1.165) is 102 Å². The van der Waals surface area contributed by atoms with Gasteiger partial charge in [0.1, 0.15) is 86.3 Å². The Morgan fingerprint density at radius 2 is 0.623 bits per heavy atom. The van der Waals surface area contributed by atoms with Gasteiger partial charge in [-0.15, -0.1) is 0 Å².